The lowest BCUT2D eigenvalue weighted by Gasteiger charge is -2.18. The number of oxime groups is 1. The summed E-state index contributed by atoms with van der Waals surface area (Å²) in [5.41, 5.74) is 7.06. The molecule has 0 saturated carbocycles. The van der Waals surface area contributed by atoms with Crippen molar-refractivity contribution in [2.24, 2.45) is 11.1 Å². The van der Waals surface area contributed by atoms with Crippen LogP contribution in [0, 0.1) is 5.92 Å². The van der Waals surface area contributed by atoms with Gasteiger partial charge in [0.15, 0.2) is 0 Å². The van der Waals surface area contributed by atoms with Crippen molar-refractivity contribution in [3.63, 3.8) is 0 Å². The van der Waals surface area contributed by atoms with Gasteiger partial charge in [0.2, 0.25) is 0 Å². The lowest BCUT2D eigenvalue weighted by Crippen LogP contribution is -2.06. The molecule has 0 radical (unpaired) electrons. The normalized spacial score (nSPS) is 17.2. The summed E-state index contributed by atoms with van der Waals surface area (Å²) in [6, 6.07) is 15.0. The zero-order valence-electron chi connectivity index (χ0n) is 12.1. The summed E-state index contributed by atoms with van der Waals surface area (Å²) in [5.74, 6) is 0.965. The van der Waals surface area contributed by atoms with Crippen LogP contribution in [0.1, 0.15) is 43.4 Å². The van der Waals surface area contributed by atoms with E-state index in [9.17, 15) is 0 Å². The summed E-state index contributed by atoms with van der Waals surface area (Å²) >= 11 is 0. The van der Waals surface area contributed by atoms with Gasteiger partial charge in [-0.1, -0.05) is 55.4 Å². The number of hydrogen-bond acceptors (Lipinski definition) is 2. The minimum atomic E-state index is 0.424. The molecule has 102 valence electrons. The molecule has 0 spiro atoms. The van der Waals surface area contributed by atoms with E-state index in [0.29, 0.717) is 17.5 Å². The van der Waals surface area contributed by atoms with E-state index in [0.717, 1.165) is 5.56 Å². The quantitative estimate of drug-likeness (QED) is 0.478. The van der Waals surface area contributed by atoms with E-state index in [4.69, 9.17) is 5.21 Å². The largest absolute Gasteiger partial charge is 0.411 e. The van der Waals surface area contributed by atoms with Gasteiger partial charge in [-0.05, 0) is 46.7 Å². The zero-order chi connectivity index (χ0) is 14.3. The van der Waals surface area contributed by atoms with E-state index < -0.39 is 0 Å². The molecule has 2 nitrogen and oxygen atoms in total. The minimum absolute atomic E-state index is 0.424. The lowest BCUT2D eigenvalue weighted by molar-refractivity contribution is 0.319. The smallest absolute Gasteiger partial charge is 0.0837 e. The summed E-state index contributed by atoms with van der Waals surface area (Å²) < 4.78 is 0. The minimum Gasteiger partial charge on any atom is -0.411 e. The number of fused-ring (bicyclic) bond motifs is 3. The molecule has 2 heteroatoms. The molecule has 2 aromatic carbocycles. The summed E-state index contributed by atoms with van der Waals surface area (Å²) in [6.45, 7) is 6.35. The number of benzene rings is 2. The van der Waals surface area contributed by atoms with Crippen molar-refractivity contribution in [2.45, 2.75) is 26.7 Å². The Morgan fingerprint density at radius 2 is 1.75 bits per heavy atom. The van der Waals surface area contributed by atoms with Gasteiger partial charge in [0.05, 0.1) is 5.71 Å². The molecule has 0 bridgehead atoms. The van der Waals surface area contributed by atoms with Crippen LogP contribution in [0.25, 0.3) is 11.1 Å². The molecule has 0 aromatic heterocycles. The Kier molecular flexibility index (Phi) is 3.09. The fraction of sp³-hybridized carbons (Fsp3) is 0.278. The molecule has 1 aliphatic rings. The second-order valence-corrected chi connectivity index (χ2v) is 5.80. The maximum absolute atomic E-state index is 8.97. The number of rotatable bonds is 2. The van der Waals surface area contributed by atoms with Crippen LogP contribution in [-0.2, 0) is 0 Å². The first kappa shape index (κ1) is 12.9. The number of nitrogens with zero attached hydrogens (tertiary/aromatic N) is 1. The van der Waals surface area contributed by atoms with Gasteiger partial charge in [0.25, 0.3) is 0 Å². The van der Waals surface area contributed by atoms with Crippen LogP contribution in [0.4, 0.5) is 0 Å². The number of hydrogen-bond donors (Lipinski definition) is 1. The van der Waals surface area contributed by atoms with E-state index in [-0.39, 0.29) is 0 Å². The van der Waals surface area contributed by atoms with Crippen molar-refractivity contribution >= 4 is 5.71 Å². The first-order valence-corrected chi connectivity index (χ1v) is 7.05. The zero-order valence-corrected chi connectivity index (χ0v) is 12.1. The molecule has 1 atom stereocenters. The average molecular weight is 265 g/mol. The van der Waals surface area contributed by atoms with E-state index >= 15 is 0 Å². The van der Waals surface area contributed by atoms with Gasteiger partial charge in [-0.2, -0.15) is 0 Å². The van der Waals surface area contributed by atoms with Gasteiger partial charge >= 0.3 is 0 Å². The van der Waals surface area contributed by atoms with Crippen LogP contribution in [0.2, 0.25) is 0 Å². The average Bonchev–Trinajstić information content (AvgIpc) is 2.80. The Bertz CT molecular complexity index is 686. The highest BCUT2D eigenvalue weighted by Gasteiger charge is 2.30. The summed E-state index contributed by atoms with van der Waals surface area (Å²) in [4.78, 5) is 0. The third-order valence-corrected chi connectivity index (χ3v) is 4.21. The SMILES string of the molecule is C/C(=N/O)c1ccc2c(c1)C(C(C)C)c1ccccc1-2. The Hall–Kier alpha value is -2.09. The van der Waals surface area contributed by atoms with Gasteiger partial charge in [0.1, 0.15) is 0 Å². The highest BCUT2D eigenvalue weighted by molar-refractivity contribution is 5.99. The molecule has 1 unspecified atom stereocenters. The van der Waals surface area contributed by atoms with Crippen LogP contribution in [0.15, 0.2) is 47.6 Å². The van der Waals surface area contributed by atoms with Gasteiger partial charge in [-0.25, -0.2) is 0 Å². The van der Waals surface area contributed by atoms with Crippen LogP contribution in [0.5, 0.6) is 0 Å². The topological polar surface area (TPSA) is 32.6 Å². The van der Waals surface area contributed by atoms with Crippen LogP contribution >= 0.6 is 0 Å². The van der Waals surface area contributed by atoms with Crippen molar-refractivity contribution in [1.82, 2.24) is 0 Å². The summed E-state index contributed by atoms with van der Waals surface area (Å²) in [7, 11) is 0. The van der Waals surface area contributed by atoms with Crippen LogP contribution in [0.3, 0.4) is 0 Å². The van der Waals surface area contributed by atoms with E-state index in [2.05, 4.69) is 55.4 Å². The molecule has 20 heavy (non-hydrogen) atoms. The second kappa shape index (κ2) is 4.78. The molecule has 2 aromatic rings. The summed E-state index contributed by atoms with van der Waals surface area (Å²) in [5, 5.41) is 12.3. The third-order valence-electron chi connectivity index (χ3n) is 4.21. The Labute approximate surface area is 119 Å². The van der Waals surface area contributed by atoms with E-state index in [1.807, 2.05) is 13.0 Å². The molecular formula is C18H19NO. The summed E-state index contributed by atoms with van der Waals surface area (Å²) in [6.07, 6.45) is 0. The van der Waals surface area contributed by atoms with Gasteiger partial charge in [-0.3, -0.25) is 0 Å². The predicted octanol–water partition coefficient (Wildman–Crippen LogP) is 4.65. The lowest BCUT2D eigenvalue weighted by atomic mass is 9.86. The molecular weight excluding hydrogens is 246 g/mol. The highest BCUT2D eigenvalue weighted by atomic mass is 16.4. The maximum Gasteiger partial charge on any atom is 0.0837 e. The van der Waals surface area contributed by atoms with Crippen molar-refractivity contribution in [1.29, 1.82) is 0 Å². The Balaban J connectivity index is 2.22. The molecule has 0 saturated heterocycles. The molecule has 3 rings (SSSR count). The Morgan fingerprint density at radius 1 is 1.05 bits per heavy atom. The molecule has 0 aliphatic heterocycles. The van der Waals surface area contributed by atoms with E-state index in [1.165, 1.54) is 22.3 Å². The van der Waals surface area contributed by atoms with Crippen LogP contribution < -0.4 is 0 Å². The Morgan fingerprint density at radius 3 is 2.45 bits per heavy atom. The molecule has 1 N–H and O–H groups in total. The fourth-order valence-corrected chi connectivity index (χ4v) is 3.25. The highest BCUT2D eigenvalue weighted by Crippen LogP contribution is 2.48. The van der Waals surface area contributed by atoms with Crippen molar-refractivity contribution in [3.8, 4) is 11.1 Å². The fourth-order valence-electron chi connectivity index (χ4n) is 3.25. The first-order valence-electron chi connectivity index (χ1n) is 7.05. The van der Waals surface area contributed by atoms with Crippen molar-refractivity contribution in [2.75, 3.05) is 0 Å². The van der Waals surface area contributed by atoms with Crippen LogP contribution in [-0.4, -0.2) is 10.9 Å². The predicted molar refractivity (Wildman–Crippen MR) is 82.6 cm³/mol. The third kappa shape index (κ3) is 1.83. The van der Waals surface area contributed by atoms with Crippen molar-refractivity contribution in [3.05, 3.63) is 59.2 Å². The molecule has 0 amide bonds. The first-order chi connectivity index (χ1) is 9.63. The van der Waals surface area contributed by atoms with Crippen molar-refractivity contribution < 1.29 is 5.21 Å². The molecule has 0 heterocycles. The maximum atomic E-state index is 8.97. The molecule has 0 fully saturated rings. The van der Waals surface area contributed by atoms with Gasteiger partial charge in [0, 0.05) is 5.92 Å². The van der Waals surface area contributed by atoms with Gasteiger partial charge in [-0.15, -0.1) is 0 Å². The van der Waals surface area contributed by atoms with Gasteiger partial charge < -0.3 is 5.21 Å². The standard InChI is InChI=1S/C18H19NO/c1-11(2)18-16-7-5-4-6-14(16)15-9-8-13(10-17(15)18)12(3)19-20/h4-11,18,20H,1-3H3/b19-12-. The monoisotopic (exact) mass is 265 g/mol. The molecule has 1 aliphatic carbocycles. The van der Waals surface area contributed by atoms with E-state index in [1.54, 1.807) is 0 Å². The second-order valence-electron chi connectivity index (χ2n) is 5.80.